The second-order valence-corrected chi connectivity index (χ2v) is 7.27. The molecule has 1 fully saturated rings. The van der Waals surface area contributed by atoms with E-state index in [1.807, 2.05) is 36.8 Å². The molecule has 0 spiro atoms. The van der Waals surface area contributed by atoms with Crippen LogP contribution in [-0.2, 0) is 13.0 Å². The van der Waals surface area contributed by atoms with Crippen LogP contribution < -0.4 is 0 Å². The molecule has 3 heterocycles. The van der Waals surface area contributed by atoms with E-state index in [2.05, 4.69) is 19.9 Å². The Hall–Kier alpha value is -1.86. The van der Waals surface area contributed by atoms with Gasteiger partial charge in [0.05, 0.1) is 23.1 Å². The van der Waals surface area contributed by atoms with Crippen LogP contribution in [0.3, 0.4) is 0 Å². The zero-order valence-electron chi connectivity index (χ0n) is 14.2. The van der Waals surface area contributed by atoms with Gasteiger partial charge >= 0.3 is 0 Å². The summed E-state index contributed by atoms with van der Waals surface area (Å²) in [6.07, 6.45) is 6.73. The van der Waals surface area contributed by atoms with Crippen molar-refractivity contribution in [1.82, 2.24) is 24.8 Å². The van der Waals surface area contributed by atoms with Gasteiger partial charge in [0.2, 0.25) is 0 Å². The van der Waals surface area contributed by atoms with Gasteiger partial charge in [-0.15, -0.1) is 11.3 Å². The zero-order valence-corrected chi connectivity index (χ0v) is 15.0. The molecule has 0 unspecified atom stereocenters. The van der Waals surface area contributed by atoms with E-state index in [0.29, 0.717) is 11.6 Å². The number of amides is 1. The van der Waals surface area contributed by atoms with Crippen molar-refractivity contribution in [1.29, 1.82) is 0 Å². The van der Waals surface area contributed by atoms with Crippen molar-refractivity contribution in [2.45, 2.75) is 25.8 Å². The van der Waals surface area contributed by atoms with Crippen LogP contribution in [0.4, 0.5) is 0 Å². The summed E-state index contributed by atoms with van der Waals surface area (Å²) in [4.78, 5) is 29.4. The van der Waals surface area contributed by atoms with Crippen molar-refractivity contribution in [3.05, 3.63) is 40.4 Å². The first-order valence-electron chi connectivity index (χ1n) is 8.24. The van der Waals surface area contributed by atoms with E-state index in [-0.39, 0.29) is 5.91 Å². The minimum absolute atomic E-state index is 0.0579. The highest BCUT2D eigenvalue weighted by Crippen LogP contribution is 2.22. The van der Waals surface area contributed by atoms with Gasteiger partial charge in [-0.05, 0) is 39.3 Å². The van der Waals surface area contributed by atoms with Gasteiger partial charge < -0.3 is 9.80 Å². The molecule has 7 heteroatoms. The maximum atomic E-state index is 12.3. The number of thiazole rings is 1. The Labute approximate surface area is 146 Å². The highest BCUT2D eigenvalue weighted by atomic mass is 32.1. The number of likely N-dealkylation sites (tertiary alicyclic amines) is 1. The molecule has 1 saturated heterocycles. The summed E-state index contributed by atoms with van der Waals surface area (Å²) in [7, 11) is 4.05. The fourth-order valence-corrected chi connectivity index (χ4v) is 3.53. The largest absolute Gasteiger partial charge is 0.337 e. The second kappa shape index (κ2) is 7.81. The summed E-state index contributed by atoms with van der Waals surface area (Å²) >= 11 is 1.46. The van der Waals surface area contributed by atoms with Crippen molar-refractivity contribution >= 4 is 17.2 Å². The molecule has 1 aliphatic heterocycles. The lowest BCUT2D eigenvalue weighted by Gasteiger charge is -2.31. The van der Waals surface area contributed by atoms with Crippen LogP contribution in [-0.4, -0.2) is 57.8 Å². The third kappa shape index (κ3) is 4.36. The molecule has 0 saturated carbocycles. The Kier molecular flexibility index (Phi) is 5.52. The Morgan fingerprint density at radius 1 is 1.21 bits per heavy atom. The first-order valence-corrected chi connectivity index (χ1v) is 9.18. The van der Waals surface area contributed by atoms with E-state index in [0.717, 1.165) is 50.3 Å². The van der Waals surface area contributed by atoms with Crippen LogP contribution in [0.5, 0.6) is 0 Å². The number of aromatic nitrogens is 3. The van der Waals surface area contributed by atoms with Gasteiger partial charge in [0.15, 0.2) is 0 Å². The van der Waals surface area contributed by atoms with Gasteiger partial charge in [0, 0.05) is 31.2 Å². The van der Waals surface area contributed by atoms with E-state index in [9.17, 15) is 4.79 Å². The Morgan fingerprint density at radius 2 is 1.92 bits per heavy atom. The van der Waals surface area contributed by atoms with Crippen LogP contribution in [0.1, 0.15) is 34.7 Å². The minimum Gasteiger partial charge on any atom is -0.337 e. The van der Waals surface area contributed by atoms with Crippen LogP contribution in [0.15, 0.2) is 23.3 Å². The first-order chi connectivity index (χ1) is 11.6. The number of hydrogen-bond acceptors (Lipinski definition) is 6. The topological polar surface area (TPSA) is 62.2 Å². The molecule has 0 aliphatic carbocycles. The molecule has 2 aromatic rings. The van der Waals surface area contributed by atoms with Gasteiger partial charge in [-0.2, -0.15) is 0 Å². The van der Waals surface area contributed by atoms with Gasteiger partial charge in [0.1, 0.15) is 5.69 Å². The third-order valence-corrected chi connectivity index (χ3v) is 4.87. The predicted octanol–water partition coefficient (Wildman–Crippen LogP) is 2.09. The molecule has 1 aliphatic rings. The molecule has 3 rings (SSSR count). The Balaban J connectivity index is 1.49. The summed E-state index contributed by atoms with van der Waals surface area (Å²) in [5.41, 5.74) is 4.31. The smallest absolute Gasteiger partial charge is 0.273 e. The highest BCUT2D eigenvalue weighted by Gasteiger charge is 2.24. The van der Waals surface area contributed by atoms with Crippen LogP contribution in [0.2, 0.25) is 0 Å². The molecule has 128 valence electrons. The average Bonchev–Trinajstić information content (AvgIpc) is 3.11. The summed E-state index contributed by atoms with van der Waals surface area (Å²) in [6, 6.07) is 0. The number of nitrogens with zero attached hydrogens (tertiary/aromatic N) is 5. The lowest BCUT2D eigenvalue weighted by Crippen LogP contribution is -2.39. The SMILES string of the molecule is CN(C)Cc1cnc(CC2CCN(C(=O)c3cscn3)CC2)cn1. The molecule has 24 heavy (non-hydrogen) atoms. The lowest BCUT2D eigenvalue weighted by molar-refractivity contribution is 0.0685. The first kappa shape index (κ1) is 17.0. The number of carbonyl (C=O) groups is 1. The zero-order chi connectivity index (χ0) is 16.9. The van der Waals surface area contributed by atoms with E-state index in [4.69, 9.17) is 0 Å². The fraction of sp³-hybridized carbons (Fsp3) is 0.529. The molecule has 1 amide bonds. The lowest BCUT2D eigenvalue weighted by atomic mass is 9.92. The molecule has 2 aromatic heterocycles. The molecular formula is C17H23N5OS. The standard InChI is InChI=1S/C17H23N5OS/c1-21(2)10-15-9-18-14(8-19-15)7-13-3-5-22(6-4-13)17(23)16-11-24-12-20-16/h8-9,11-13H,3-7,10H2,1-2H3. The molecule has 0 aromatic carbocycles. The Bertz CT molecular complexity index is 648. The van der Waals surface area contributed by atoms with E-state index in [1.165, 1.54) is 11.3 Å². The number of hydrogen-bond donors (Lipinski definition) is 0. The van der Waals surface area contributed by atoms with Crippen molar-refractivity contribution in [2.75, 3.05) is 27.2 Å². The summed E-state index contributed by atoms with van der Waals surface area (Å²) in [6.45, 7) is 2.41. The van der Waals surface area contributed by atoms with Crippen molar-refractivity contribution < 1.29 is 4.79 Å². The summed E-state index contributed by atoms with van der Waals surface area (Å²) < 4.78 is 0. The maximum absolute atomic E-state index is 12.3. The quantitative estimate of drug-likeness (QED) is 0.830. The molecule has 0 atom stereocenters. The summed E-state index contributed by atoms with van der Waals surface area (Å²) in [5.74, 6) is 0.626. The molecular weight excluding hydrogens is 322 g/mol. The van der Waals surface area contributed by atoms with Crippen LogP contribution in [0.25, 0.3) is 0 Å². The van der Waals surface area contributed by atoms with Gasteiger partial charge in [-0.25, -0.2) is 4.98 Å². The predicted molar refractivity (Wildman–Crippen MR) is 93.9 cm³/mol. The van der Waals surface area contributed by atoms with Crippen molar-refractivity contribution in [3.8, 4) is 0 Å². The summed E-state index contributed by atoms with van der Waals surface area (Å²) in [5, 5.41) is 1.82. The van der Waals surface area contributed by atoms with Gasteiger partial charge in [-0.1, -0.05) is 0 Å². The van der Waals surface area contributed by atoms with E-state index in [1.54, 1.807) is 5.51 Å². The Morgan fingerprint density at radius 3 is 2.50 bits per heavy atom. The van der Waals surface area contributed by atoms with Crippen LogP contribution >= 0.6 is 11.3 Å². The molecule has 0 radical (unpaired) electrons. The molecule has 0 bridgehead atoms. The van der Waals surface area contributed by atoms with Gasteiger partial charge in [0.25, 0.3) is 5.91 Å². The molecule has 0 N–H and O–H groups in total. The van der Waals surface area contributed by atoms with Gasteiger partial charge in [-0.3, -0.25) is 14.8 Å². The minimum atomic E-state index is 0.0579. The fourth-order valence-electron chi connectivity index (χ4n) is 3.01. The van der Waals surface area contributed by atoms with Crippen molar-refractivity contribution in [3.63, 3.8) is 0 Å². The highest BCUT2D eigenvalue weighted by molar-refractivity contribution is 7.07. The number of carbonyl (C=O) groups excluding carboxylic acids is 1. The second-order valence-electron chi connectivity index (χ2n) is 6.55. The molecule has 6 nitrogen and oxygen atoms in total. The monoisotopic (exact) mass is 345 g/mol. The van der Waals surface area contributed by atoms with E-state index < -0.39 is 0 Å². The number of piperidine rings is 1. The van der Waals surface area contributed by atoms with Crippen LogP contribution in [0, 0.1) is 5.92 Å². The normalized spacial score (nSPS) is 15.9. The number of rotatable bonds is 5. The maximum Gasteiger partial charge on any atom is 0.273 e. The van der Waals surface area contributed by atoms with E-state index >= 15 is 0 Å². The average molecular weight is 345 g/mol. The van der Waals surface area contributed by atoms with Crippen molar-refractivity contribution in [2.24, 2.45) is 5.92 Å². The third-order valence-electron chi connectivity index (χ3n) is 4.29.